The number of nitrogens with two attached hydrogens (primary N) is 1. The maximum Gasteiger partial charge on any atom is 0.257 e. The van der Waals surface area contributed by atoms with Crippen molar-refractivity contribution >= 4 is 60.6 Å². The highest BCUT2D eigenvalue weighted by Gasteiger charge is 2.16. The minimum absolute atomic E-state index is 0.00344. The van der Waals surface area contributed by atoms with Gasteiger partial charge in [0.05, 0.1) is 18.8 Å². The van der Waals surface area contributed by atoms with Crippen LogP contribution in [0, 0.1) is 5.82 Å². The van der Waals surface area contributed by atoms with Crippen LogP contribution in [0.2, 0.25) is 0 Å². The predicted octanol–water partition coefficient (Wildman–Crippen LogP) is 3.76. The molecule has 0 unspecified atom stereocenters. The molecular formula is C12H8Br2FN3O2S. The Morgan fingerprint density at radius 1 is 1.38 bits per heavy atom. The summed E-state index contributed by atoms with van der Waals surface area (Å²) in [6.07, 6.45) is 0. The zero-order chi connectivity index (χ0) is 15.6. The molecular weight excluding hydrogens is 429 g/mol. The number of amidine groups is 1. The molecule has 0 aliphatic heterocycles. The van der Waals surface area contributed by atoms with Crippen LogP contribution in [-0.4, -0.2) is 17.0 Å². The highest BCUT2D eigenvalue weighted by Crippen LogP contribution is 2.32. The fourth-order valence-corrected chi connectivity index (χ4v) is 4.31. The second-order valence-electron chi connectivity index (χ2n) is 3.87. The van der Waals surface area contributed by atoms with E-state index in [9.17, 15) is 9.18 Å². The summed E-state index contributed by atoms with van der Waals surface area (Å²) < 4.78 is 15.3. The molecule has 1 aromatic carbocycles. The zero-order valence-electron chi connectivity index (χ0n) is 10.2. The molecule has 0 fully saturated rings. The average Bonchev–Trinajstić information content (AvgIpc) is 2.79. The Morgan fingerprint density at radius 2 is 2.10 bits per heavy atom. The molecule has 4 N–H and O–H groups in total. The number of carbonyl (C=O) groups excluding carboxylic acids is 1. The Balaban J connectivity index is 2.24. The quantitative estimate of drug-likeness (QED) is 0.296. The van der Waals surface area contributed by atoms with Gasteiger partial charge in [-0.3, -0.25) is 4.79 Å². The van der Waals surface area contributed by atoms with Crippen LogP contribution in [0.5, 0.6) is 0 Å². The van der Waals surface area contributed by atoms with Crippen LogP contribution in [-0.2, 0) is 0 Å². The molecule has 5 nitrogen and oxygen atoms in total. The lowest BCUT2D eigenvalue weighted by atomic mass is 10.1. The number of benzene rings is 1. The molecule has 0 bridgehead atoms. The number of oxime groups is 1. The molecule has 0 radical (unpaired) electrons. The number of nitrogens with zero attached hydrogens (tertiary/aromatic N) is 1. The first-order chi connectivity index (χ1) is 9.92. The van der Waals surface area contributed by atoms with Crippen molar-refractivity contribution in [2.45, 2.75) is 0 Å². The first-order valence-corrected chi connectivity index (χ1v) is 7.86. The number of anilines is 1. The lowest BCUT2D eigenvalue weighted by Gasteiger charge is -2.07. The van der Waals surface area contributed by atoms with Gasteiger partial charge in [0, 0.05) is 5.56 Å². The van der Waals surface area contributed by atoms with Gasteiger partial charge < -0.3 is 16.3 Å². The highest BCUT2D eigenvalue weighted by atomic mass is 79.9. The SMILES string of the molecule is N/C(=N/O)c1ccc(NC(=O)c2cc(Br)sc2Br)c(F)c1. The standard InChI is InChI=1S/C12H8Br2FN3O2S/c13-9-4-6(10(14)21-9)12(19)17-8-2-1-5(3-7(8)15)11(16)18-20/h1-4,20H,(H2,16,18)(H,17,19). The summed E-state index contributed by atoms with van der Waals surface area (Å²) in [5.41, 5.74) is 5.98. The monoisotopic (exact) mass is 435 g/mol. The molecule has 0 atom stereocenters. The van der Waals surface area contributed by atoms with Gasteiger partial charge in [0.2, 0.25) is 0 Å². The van der Waals surface area contributed by atoms with Gasteiger partial charge in [-0.2, -0.15) is 0 Å². The van der Waals surface area contributed by atoms with Crippen molar-refractivity contribution in [1.29, 1.82) is 0 Å². The van der Waals surface area contributed by atoms with Crippen LogP contribution in [0.1, 0.15) is 15.9 Å². The Labute approximate surface area is 139 Å². The van der Waals surface area contributed by atoms with Crippen molar-refractivity contribution in [3.63, 3.8) is 0 Å². The molecule has 0 saturated carbocycles. The Hall–Kier alpha value is -1.45. The molecule has 1 amide bonds. The highest BCUT2D eigenvalue weighted by molar-refractivity contribution is 9.12. The van der Waals surface area contributed by atoms with Crippen LogP contribution in [0.15, 0.2) is 37.0 Å². The smallest absolute Gasteiger partial charge is 0.257 e. The van der Waals surface area contributed by atoms with E-state index in [4.69, 9.17) is 10.9 Å². The van der Waals surface area contributed by atoms with Gasteiger partial charge in [-0.25, -0.2) is 4.39 Å². The summed E-state index contributed by atoms with van der Waals surface area (Å²) in [6, 6.07) is 5.48. The number of nitrogens with one attached hydrogen (secondary N) is 1. The zero-order valence-corrected chi connectivity index (χ0v) is 14.2. The lowest BCUT2D eigenvalue weighted by molar-refractivity contribution is 0.102. The van der Waals surface area contributed by atoms with E-state index in [0.29, 0.717) is 9.35 Å². The fourth-order valence-electron chi connectivity index (χ4n) is 1.52. The van der Waals surface area contributed by atoms with E-state index < -0.39 is 11.7 Å². The summed E-state index contributed by atoms with van der Waals surface area (Å²) >= 11 is 7.87. The van der Waals surface area contributed by atoms with E-state index >= 15 is 0 Å². The molecule has 9 heteroatoms. The van der Waals surface area contributed by atoms with Gasteiger partial charge in [-0.15, -0.1) is 11.3 Å². The van der Waals surface area contributed by atoms with Crippen LogP contribution in [0.3, 0.4) is 0 Å². The summed E-state index contributed by atoms with van der Waals surface area (Å²) in [6.45, 7) is 0. The molecule has 0 aliphatic rings. The number of rotatable bonds is 3. The van der Waals surface area contributed by atoms with Gasteiger partial charge >= 0.3 is 0 Å². The molecule has 0 aliphatic carbocycles. The summed E-state index contributed by atoms with van der Waals surface area (Å²) in [4.78, 5) is 12.1. The van der Waals surface area contributed by atoms with Crippen molar-refractivity contribution in [2.75, 3.05) is 5.32 Å². The first-order valence-electron chi connectivity index (χ1n) is 5.46. The normalized spacial score (nSPS) is 11.5. The van der Waals surface area contributed by atoms with E-state index in [1.54, 1.807) is 6.07 Å². The number of hydrogen-bond acceptors (Lipinski definition) is 4. The van der Waals surface area contributed by atoms with Gasteiger partial charge in [0.25, 0.3) is 5.91 Å². The van der Waals surface area contributed by atoms with Crippen molar-refractivity contribution in [2.24, 2.45) is 10.9 Å². The molecule has 1 heterocycles. The number of carbonyl (C=O) groups is 1. The number of thiophene rings is 1. The maximum atomic E-state index is 13.9. The van der Waals surface area contributed by atoms with Crippen LogP contribution >= 0.6 is 43.2 Å². The van der Waals surface area contributed by atoms with Crippen LogP contribution < -0.4 is 11.1 Å². The molecule has 110 valence electrons. The Bertz CT molecular complexity index is 733. The second-order valence-corrected chi connectivity index (χ2v) is 7.62. The van der Waals surface area contributed by atoms with E-state index in [2.05, 4.69) is 42.3 Å². The third kappa shape index (κ3) is 3.60. The van der Waals surface area contributed by atoms with Crippen molar-refractivity contribution in [1.82, 2.24) is 0 Å². The predicted molar refractivity (Wildman–Crippen MR) is 86.6 cm³/mol. The summed E-state index contributed by atoms with van der Waals surface area (Å²) in [7, 11) is 0. The molecule has 2 rings (SSSR count). The lowest BCUT2D eigenvalue weighted by Crippen LogP contribution is -2.15. The van der Waals surface area contributed by atoms with Crippen molar-refractivity contribution < 1.29 is 14.4 Å². The molecule has 1 aromatic heterocycles. The Morgan fingerprint density at radius 3 is 2.62 bits per heavy atom. The van der Waals surface area contributed by atoms with Gasteiger partial charge in [-0.05, 0) is 56.1 Å². The van der Waals surface area contributed by atoms with E-state index in [1.165, 1.54) is 23.5 Å². The van der Waals surface area contributed by atoms with E-state index in [0.717, 1.165) is 9.85 Å². The minimum atomic E-state index is -0.683. The first kappa shape index (κ1) is 15.9. The summed E-state index contributed by atoms with van der Waals surface area (Å²) in [5.74, 6) is -1.34. The van der Waals surface area contributed by atoms with Crippen LogP contribution in [0.4, 0.5) is 10.1 Å². The number of hydrogen-bond donors (Lipinski definition) is 3. The third-order valence-corrected chi connectivity index (χ3v) is 4.86. The molecule has 21 heavy (non-hydrogen) atoms. The fraction of sp³-hybridized carbons (Fsp3) is 0. The van der Waals surface area contributed by atoms with E-state index in [-0.39, 0.29) is 17.1 Å². The topological polar surface area (TPSA) is 87.7 Å². The van der Waals surface area contributed by atoms with Gasteiger partial charge in [0.15, 0.2) is 5.84 Å². The van der Waals surface area contributed by atoms with Crippen molar-refractivity contribution in [3.8, 4) is 0 Å². The summed E-state index contributed by atoms with van der Waals surface area (Å²) in [5, 5.41) is 13.8. The maximum absolute atomic E-state index is 13.9. The third-order valence-electron chi connectivity index (χ3n) is 2.52. The van der Waals surface area contributed by atoms with E-state index in [1.807, 2.05) is 0 Å². The second kappa shape index (κ2) is 6.54. The minimum Gasteiger partial charge on any atom is -0.409 e. The molecule has 0 saturated heterocycles. The molecule has 2 aromatic rings. The number of halogens is 3. The Kier molecular flexibility index (Phi) is 4.96. The van der Waals surface area contributed by atoms with Crippen molar-refractivity contribution in [3.05, 3.63) is 48.8 Å². The number of amides is 1. The molecule has 0 spiro atoms. The van der Waals surface area contributed by atoms with Gasteiger partial charge in [-0.1, -0.05) is 5.16 Å². The van der Waals surface area contributed by atoms with Gasteiger partial charge in [0.1, 0.15) is 5.82 Å². The average molecular weight is 437 g/mol. The van der Waals surface area contributed by atoms with Crippen LogP contribution in [0.25, 0.3) is 0 Å². The largest absolute Gasteiger partial charge is 0.409 e.